The molecule has 1 aromatic rings. The van der Waals surface area contributed by atoms with E-state index >= 15 is 0 Å². The third kappa shape index (κ3) is 2.01. The molecule has 0 spiro atoms. The molecule has 1 aromatic carbocycles. The van der Waals surface area contributed by atoms with Gasteiger partial charge in [-0.3, -0.25) is 0 Å². The topological polar surface area (TPSA) is 38.4 Å². The van der Waals surface area contributed by atoms with Gasteiger partial charge in [0.25, 0.3) is 0 Å². The smallest absolute Gasteiger partial charge is 0.0644 e. The van der Waals surface area contributed by atoms with Crippen LogP contribution in [0.25, 0.3) is 6.08 Å². The van der Waals surface area contributed by atoms with Crippen LogP contribution in [0, 0.1) is 0 Å². The first-order chi connectivity index (χ1) is 7.50. The highest BCUT2D eigenvalue weighted by Gasteiger charge is 2.16. The molecule has 1 aliphatic carbocycles. The Balaban J connectivity index is 2.43. The van der Waals surface area contributed by atoms with E-state index in [4.69, 9.17) is 5.84 Å². The number of allylic oxidation sites excluding steroid dienone is 1. The monoisotopic (exact) mass is 214 g/mol. The molecule has 0 radical (unpaired) electrons. The van der Waals surface area contributed by atoms with E-state index in [9.17, 15) is 0 Å². The zero-order valence-electron chi connectivity index (χ0n) is 10.1. The number of rotatable bonds is 0. The lowest BCUT2D eigenvalue weighted by Crippen LogP contribution is -2.13. The minimum Gasteiger partial charge on any atom is -0.323 e. The number of nitrogens with two attached hydrogens (primary N) is 1. The quantitative estimate of drug-likeness (QED) is 0.523. The van der Waals surface area contributed by atoms with Gasteiger partial charge in [0.05, 0.1) is 5.71 Å². The Bertz CT molecular complexity index is 462. The molecule has 0 aromatic heterocycles. The Morgan fingerprint density at radius 1 is 1.19 bits per heavy atom. The van der Waals surface area contributed by atoms with Gasteiger partial charge < -0.3 is 5.84 Å². The second kappa shape index (κ2) is 3.78. The van der Waals surface area contributed by atoms with Crippen molar-refractivity contribution in [3.05, 3.63) is 41.0 Å². The van der Waals surface area contributed by atoms with Gasteiger partial charge in [-0.15, -0.1) is 0 Å². The summed E-state index contributed by atoms with van der Waals surface area (Å²) in [6.45, 7) is 6.69. The third-order valence-electron chi connectivity index (χ3n) is 3.00. The van der Waals surface area contributed by atoms with E-state index < -0.39 is 0 Å². The largest absolute Gasteiger partial charge is 0.323 e. The fourth-order valence-electron chi connectivity index (χ4n) is 1.91. The van der Waals surface area contributed by atoms with E-state index in [1.54, 1.807) is 0 Å². The van der Waals surface area contributed by atoms with Crippen LogP contribution in [0.15, 0.2) is 29.4 Å². The summed E-state index contributed by atoms with van der Waals surface area (Å²) in [5, 5.41) is 3.75. The highest BCUT2D eigenvalue weighted by Crippen LogP contribution is 2.27. The SMILES string of the molecule is CC(C)(C)c1ccc2c(c1)C=C/C(=N\N)C2. The van der Waals surface area contributed by atoms with Crippen molar-refractivity contribution in [3.8, 4) is 0 Å². The first-order valence-corrected chi connectivity index (χ1v) is 5.59. The van der Waals surface area contributed by atoms with E-state index in [1.807, 2.05) is 6.08 Å². The maximum atomic E-state index is 5.30. The molecule has 1 aliphatic rings. The van der Waals surface area contributed by atoms with E-state index in [2.05, 4.69) is 50.1 Å². The van der Waals surface area contributed by atoms with Crippen molar-refractivity contribution in [3.63, 3.8) is 0 Å². The van der Waals surface area contributed by atoms with Gasteiger partial charge in [-0.05, 0) is 28.2 Å². The van der Waals surface area contributed by atoms with Crippen molar-refractivity contribution in [2.24, 2.45) is 10.9 Å². The van der Waals surface area contributed by atoms with Gasteiger partial charge in [-0.25, -0.2) is 0 Å². The van der Waals surface area contributed by atoms with Crippen molar-refractivity contribution >= 4 is 11.8 Å². The molecule has 0 unspecified atom stereocenters. The minimum atomic E-state index is 0.200. The fraction of sp³-hybridized carbons (Fsp3) is 0.357. The van der Waals surface area contributed by atoms with Crippen molar-refractivity contribution in [1.82, 2.24) is 0 Å². The minimum absolute atomic E-state index is 0.200. The summed E-state index contributed by atoms with van der Waals surface area (Å²) in [6, 6.07) is 6.65. The molecule has 2 N–H and O–H groups in total. The van der Waals surface area contributed by atoms with Gasteiger partial charge in [-0.2, -0.15) is 5.10 Å². The first-order valence-electron chi connectivity index (χ1n) is 5.59. The molecule has 84 valence electrons. The molecule has 2 nitrogen and oxygen atoms in total. The highest BCUT2D eigenvalue weighted by atomic mass is 15.1. The molecule has 16 heavy (non-hydrogen) atoms. The molecule has 0 heterocycles. The molecule has 0 fully saturated rings. The van der Waals surface area contributed by atoms with Crippen LogP contribution in [0.4, 0.5) is 0 Å². The summed E-state index contributed by atoms with van der Waals surface area (Å²) >= 11 is 0. The Morgan fingerprint density at radius 2 is 1.94 bits per heavy atom. The number of nitrogens with zero attached hydrogens (tertiary/aromatic N) is 1. The van der Waals surface area contributed by atoms with Gasteiger partial charge >= 0.3 is 0 Å². The molecule has 0 amide bonds. The number of hydrogen-bond donors (Lipinski definition) is 1. The van der Waals surface area contributed by atoms with Crippen LogP contribution in [0.1, 0.15) is 37.5 Å². The fourth-order valence-corrected chi connectivity index (χ4v) is 1.91. The van der Waals surface area contributed by atoms with E-state index in [-0.39, 0.29) is 5.41 Å². The summed E-state index contributed by atoms with van der Waals surface area (Å²) in [6.07, 6.45) is 4.93. The third-order valence-corrected chi connectivity index (χ3v) is 3.00. The molecular weight excluding hydrogens is 196 g/mol. The summed E-state index contributed by atoms with van der Waals surface area (Å²) in [7, 11) is 0. The first kappa shape index (κ1) is 10.9. The van der Waals surface area contributed by atoms with Crippen LogP contribution in [-0.2, 0) is 11.8 Å². The summed E-state index contributed by atoms with van der Waals surface area (Å²) in [5.74, 6) is 5.30. The van der Waals surface area contributed by atoms with Crippen molar-refractivity contribution in [2.45, 2.75) is 32.6 Å². The molecule has 2 heteroatoms. The normalized spacial score (nSPS) is 17.6. The van der Waals surface area contributed by atoms with Crippen LogP contribution in [0.3, 0.4) is 0 Å². The second-order valence-electron chi connectivity index (χ2n) is 5.29. The number of fused-ring (bicyclic) bond motifs is 1. The summed E-state index contributed by atoms with van der Waals surface area (Å²) in [5.41, 5.74) is 5.10. The average Bonchev–Trinajstić information content (AvgIpc) is 2.26. The summed E-state index contributed by atoms with van der Waals surface area (Å²) < 4.78 is 0. The molecule has 0 atom stereocenters. The zero-order valence-corrected chi connectivity index (χ0v) is 10.1. The van der Waals surface area contributed by atoms with Gasteiger partial charge in [0.1, 0.15) is 0 Å². The van der Waals surface area contributed by atoms with Crippen LogP contribution in [0.5, 0.6) is 0 Å². The van der Waals surface area contributed by atoms with Crippen molar-refractivity contribution < 1.29 is 0 Å². The highest BCUT2D eigenvalue weighted by molar-refractivity contribution is 6.02. The number of hydrazone groups is 1. The summed E-state index contributed by atoms with van der Waals surface area (Å²) in [4.78, 5) is 0. The Kier molecular flexibility index (Phi) is 2.58. The standard InChI is InChI=1S/C14H18N2/c1-14(2,3)12-6-4-11-9-13(16-15)7-5-10(11)8-12/h4-8H,9,15H2,1-3H3/b16-13+. The maximum Gasteiger partial charge on any atom is 0.0644 e. The van der Waals surface area contributed by atoms with Gasteiger partial charge in [-0.1, -0.05) is 45.0 Å². The maximum absolute atomic E-state index is 5.30. The molecule has 0 saturated carbocycles. The second-order valence-corrected chi connectivity index (χ2v) is 5.29. The van der Waals surface area contributed by atoms with Crippen molar-refractivity contribution in [2.75, 3.05) is 0 Å². The van der Waals surface area contributed by atoms with Gasteiger partial charge in [0.2, 0.25) is 0 Å². The lowest BCUT2D eigenvalue weighted by atomic mass is 9.83. The van der Waals surface area contributed by atoms with E-state index in [0.29, 0.717) is 0 Å². The predicted molar refractivity (Wildman–Crippen MR) is 69.5 cm³/mol. The van der Waals surface area contributed by atoms with Crippen molar-refractivity contribution in [1.29, 1.82) is 0 Å². The van der Waals surface area contributed by atoms with E-state index in [1.165, 1.54) is 16.7 Å². The van der Waals surface area contributed by atoms with Crippen LogP contribution in [-0.4, -0.2) is 5.71 Å². The van der Waals surface area contributed by atoms with Gasteiger partial charge in [0, 0.05) is 6.42 Å². The lowest BCUT2D eigenvalue weighted by molar-refractivity contribution is 0.590. The Labute approximate surface area is 96.9 Å². The number of benzene rings is 1. The molecule has 2 rings (SSSR count). The Morgan fingerprint density at radius 3 is 2.56 bits per heavy atom. The van der Waals surface area contributed by atoms with Crippen LogP contribution < -0.4 is 5.84 Å². The zero-order chi connectivity index (χ0) is 11.8. The molecule has 0 aliphatic heterocycles. The van der Waals surface area contributed by atoms with E-state index in [0.717, 1.165) is 12.1 Å². The predicted octanol–water partition coefficient (Wildman–Crippen LogP) is 2.87. The molecular formula is C14H18N2. The molecule has 0 saturated heterocycles. The van der Waals surface area contributed by atoms with Gasteiger partial charge in [0.15, 0.2) is 0 Å². The van der Waals surface area contributed by atoms with Crippen LogP contribution >= 0.6 is 0 Å². The van der Waals surface area contributed by atoms with Crippen LogP contribution in [0.2, 0.25) is 0 Å². The average molecular weight is 214 g/mol. The molecule has 0 bridgehead atoms. The number of hydrogen-bond acceptors (Lipinski definition) is 2. The lowest BCUT2D eigenvalue weighted by Gasteiger charge is -2.21. The Hall–Kier alpha value is -1.57.